The first-order valence-corrected chi connectivity index (χ1v) is 11.7. The van der Waals surface area contributed by atoms with E-state index in [1.807, 2.05) is 38.1 Å². The number of anilines is 1. The van der Waals surface area contributed by atoms with Gasteiger partial charge in [-0.25, -0.2) is 0 Å². The van der Waals surface area contributed by atoms with Crippen LogP contribution in [-0.4, -0.2) is 28.1 Å². The van der Waals surface area contributed by atoms with Gasteiger partial charge in [0.15, 0.2) is 5.69 Å². The molecule has 0 atom stereocenters. The van der Waals surface area contributed by atoms with Crippen molar-refractivity contribution in [2.45, 2.75) is 59.6 Å². The van der Waals surface area contributed by atoms with E-state index in [0.29, 0.717) is 30.9 Å². The average Bonchev–Trinajstić information content (AvgIpc) is 3.24. The zero-order valence-corrected chi connectivity index (χ0v) is 20.6. The van der Waals surface area contributed by atoms with Gasteiger partial charge in [-0.05, 0) is 54.2 Å². The Balaban J connectivity index is 1.68. The maximum Gasteiger partial charge on any atom is 0.273 e. The lowest BCUT2D eigenvalue weighted by atomic mass is 9.87. The largest absolute Gasteiger partial charge is 0.489 e. The molecule has 0 bridgehead atoms. The van der Waals surface area contributed by atoms with Crippen LogP contribution in [0.4, 0.5) is 5.69 Å². The van der Waals surface area contributed by atoms with Gasteiger partial charge in [0, 0.05) is 24.8 Å². The molecule has 0 saturated heterocycles. The molecule has 1 heterocycles. The molecule has 0 radical (unpaired) electrons. The summed E-state index contributed by atoms with van der Waals surface area (Å²) in [6.07, 6.45) is 2.49. The summed E-state index contributed by atoms with van der Waals surface area (Å²) in [7, 11) is 0. The number of hydrogen-bond donors (Lipinski definition) is 2. The maximum absolute atomic E-state index is 12.9. The molecule has 2 amide bonds. The molecule has 7 heteroatoms. The quantitative estimate of drug-likeness (QED) is 0.459. The predicted octanol–water partition coefficient (Wildman–Crippen LogP) is 5.17. The maximum atomic E-state index is 12.9. The molecule has 0 fully saturated rings. The summed E-state index contributed by atoms with van der Waals surface area (Å²) in [5, 5.41) is 9.95. The highest BCUT2D eigenvalue weighted by molar-refractivity contribution is 6.08. The van der Waals surface area contributed by atoms with Crippen LogP contribution in [-0.2, 0) is 18.6 Å². The van der Waals surface area contributed by atoms with Crippen molar-refractivity contribution in [1.82, 2.24) is 15.1 Å². The Hall–Kier alpha value is -3.61. The van der Waals surface area contributed by atoms with E-state index in [9.17, 15) is 9.59 Å². The molecule has 0 aliphatic rings. The first-order chi connectivity index (χ1) is 16.2. The highest BCUT2D eigenvalue weighted by Crippen LogP contribution is 2.25. The van der Waals surface area contributed by atoms with Gasteiger partial charge in [0.1, 0.15) is 12.4 Å². The lowest BCUT2D eigenvalue weighted by Gasteiger charge is -2.19. The van der Waals surface area contributed by atoms with E-state index in [2.05, 4.69) is 48.6 Å². The fraction of sp³-hybridized carbons (Fsp3) is 0.370. The number of benzene rings is 2. The molecule has 3 rings (SSSR count). The topological polar surface area (TPSA) is 85.3 Å². The number of carbonyl (C=O) groups excluding carboxylic acids is 2. The van der Waals surface area contributed by atoms with Crippen LogP contribution in [0.15, 0.2) is 54.7 Å². The summed E-state index contributed by atoms with van der Waals surface area (Å²) in [5.41, 5.74) is 3.28. The normalized spacial score (nSPS) is 11.2. The van der Waals surface area contributed by atoms with Crippen LogP contribution in [0.2, 0.25) is 0 Å². The minimum absolute atomic E-state index is 0.0877. The van der Waals surface area contributed by atoms with E-state index in [-0.39, 0.29) is 22.9 Å². The van der Waals surface area contributed by atoms with Gasteiger partial charge in [-0.1, -0.05) is 52.0 Å². The number of hydrogen-bond acceptors (Lipinski definition) is 4. The minimum atomic E-state index is -0.309. The number of aromatic nitrogens is 2. The summed E-state index contributed by atoms with van der Waals surface area (Å²) in [5.74, 6) is 0.165. The lowest BCUT2D eigenvalue weighted by Crippen LogP contribution is -2.26. The Kier molecular flexibility index (Phi) is 8.10. The van der Waals surface area contributed by atoms with Crippen molar-refractivity contribution in [2.75, 3.05) is 11.9 Å². The van der Waals surface area contributed by atoms with Crippen LogP contribution in [0.5, 0.6) is 5.75 Å². The number of carbonyl (C=O) groups is 2. The molecule has 7 nitrogen and oxygen atoms in total. The summed E-state index contributed by atoms with van der Waals surface area (Å²) < 4.78 is 7.55. The SMILES string of the molecule is CCCNC(=O)c1nn(CC)cc1NC(=O)c1cccc(COc2ccc(C(C)(C)C)cc2)c1. The number of nitrogens with zero attached hydrogens (tertiary/aromatic N) is 2. The van der Waals surface area contributed by atoms with Gasteiger partial charge < -0.3 is 15.4 Å². The minimum Gasteiger partial charge on any atom is -0.489 e. The first kappa shape index (κ1) is 25.0. The Morgan fingerprint density at radius 2 is 1.76 bits per heavy atom. The van der Waals surface area contributed by atoms with Crippen molar-refractivity contribution in [3.63, 3.8) is 0 Å². The highest BCUT2D eigenvalue weighted by atomic mass is 16.5. The molecule has 34 heavy (non-hydrogen) atoms. The van der Waals surface area contributed by atoms with Crippen LogP contribution in [0.3, 0.4) is 0 Å². The second kappa shape index (κ2) is 11.0. The molecule has 0 aliphatic carbocycles. The standard InChI is InChI=1S/C27H34N4O3/c1-6-15-28-26(33)24-23(17-31(7-2)30-24)29-25(32)20-10-8-9-19(16-20)18-34-22-13-11-21(12-14-22)27(3,4)5/h8-14,16-17H,6-7,15,18H2,1-5H3,(H,28,33)(H,29,32). The summed E-state index contributed by atoms with van der Waals surface area (Å²) >= 11 is 0. The van der Waals surface area contributed by atoms with Crippen LogP contribution in [0, 0.1) is 0 Å². The smallest absolute Gasteiger partial charge is 0.273 e. The molecular weight excluding hydrogens is 428 g/mol. The third-order valence-corrected chi connectivity index (χ3v) is 5.40. The third kappa shape index (κ3) is 6.47. The second-order valence-corrected chi connectivity index (χ2v) is 9.22. The predicted molar refractivity (Wildman–Crippen MR) is 134 cm³/mol. The van der Waals surface area contributed by atoms with Crippen LogP contribution >= 0.6 is 0 Å². The van der Waals surface area contributed by atoms with Gasteiger partial charge in [0.25, 0.3) is 11.8 Å². The molecule has 1 aromatic heterocycles. The van der Waals surface area contributed by atoms with Crippen molar-refractivity contribution >= 4 is 17.5 Å². The molecule has 0 aliphatic heterocycles. The van der Waals surface area contributed by atoms with Gasteiger partial charge in [0.2, 0.25) is 0 Å². The van der Waals surface area contributed by atoms with Crippen molar-refractivity contribution < 1.29 is 14.3 Å². The van der Waals surface area contributed by atoms with Crippen molar-refractivity contribution in [2.24, 2.45) is 0 Å². The van der Waals surface area contributed by atoms with E-state index in [1.54, 1.807) is 23.0 Å². The Labute approximate surface area is 201 Å². The Morgan fingerprint density at radius 3 is 2.41 bits per heavy atom. The molecule has 0 unspecified atom stereocenters. The fourth-order valence-corrected chi connectivity index (χ4v) is 3.38. The number of amides is 2. The molecule has 0 spiro atoms. The van der Waals surface area contributed by atoms with Crippen LogP contribution in [0.1, 0.15) is 73.0 Å². The first-order valence-electron chi connectivity index (χ1n) is 11.7. The Morgan fingerprint density at radius 1 is 1.03 bits per heavy atom. The van der Waals surface area contributed by atoms with E-state index < -0.39 is 0 Å². The molecular formula is C27H34N4O3. The van der Waals surface area contributed by atoms with E-state index >= 15 is 0 Å². The fourth-order valence-electron chi connectivity index (χ4n) is 3.38. The summed E-state index contributed by atoms with van der Waals surface area (Å²) in [6, 6.07) is 15.3. The summed E-state index contributed by atoms with van der Waals surface area (Å²) in [6.45, 7) is 11.9. The number of rotatable bonds is 9. The van der Waals surface area contributed by atoms with Crippen LogP contribution < -0.4 is 15.4 Å². The molecule has 0 saturated carbocycles. The zero-order chi connectivity index (χ0) is 24.7. The monoisotopic (exact) mass is 462 g/mol. The van der Waals surface area contributed by atoms with E-state index in [4.69, 9.17) is 4.74 Å². The molecule has 180 valence electrons. The van der Waals surface area contributed by atoms with Gasteiger partial charge in [-0.15, -0.1) is 0 Å². The molecule has 2 aromatic carbocycles. The van der Waals surface area contributed by atoms with E-state index in [0.717, 1.165) is 17.7 Å². The Bertz CT molecular complexity index is 1130. The van der Waals surface area contributed by atoms with Crippen molar-refractivity contribution in [3.05, 3.63) is 77.1 Å². The molecule has 2 N–H and O–H groups in total. The zero-order valence-electron chi connectivity index (χ0n) is 20.6. The van der Waals surface area contributed by atoms with E-state index in [1.165, 1.54) is 5.56 Å². The number of ether oxygens (including phenoxy) is 1. The van der Waals surface area contributed by atoms with Crippen molar-refractivity contribution in [1.29, 1.82) is 0 Å². The molecule has 3 aromatic rings. The van der Waals surface area contributed by atoms with Crippen molar-refractivity contribution in [3.8, 4) is 5.75 Å². The van der Waals surface area contributed by atoms with Gasteiger partial charge in [-0.2, -0.15) is 5.10 Å². The number of nitrogens with one attached hydrogen (secondary N) is 2. The highest BCUT2D eigenvalue weighted by Gasteiger charge is 2.19. The van der Waals surface area contributed by atoms with Crippen LogP contribution in [0.25, 0.3) is 0 Å². The number of aryl methyl sites for hydroxylation is 1. The van der Waals surface area contributed by atoms with Gasteiger partial charge >= 0.3 is 0 Å². The second-order valence-electron chi connectivity index (χ2n) is 9.22. The summed E-state index contributed by atoms with van der Waals surface area (Å²) in [4.78, 5) is 25.4. The third-order valence-electron chi connectivity index (χ3n) is 5.40. The van der Waals surface area contributed by atoms with Gasteiger partial charge in [-0.3, -0.25) is 14.3 Å². The average molecular weight is 463 g/mol. The lowest BCUT2D eigenvalue weighted by molar-refractivity contribution is 0.0948. The van der Waals surface area contributed by atoms with Gasteiger partial charge in [0.05, 0.1) is 5.69 Å².